The van der Waals surface area contributed by atoms with Gasteiger partial charge in [0.05, 0.1) is 0 Å². The van der Waals surface area contributed by atoms with Crippen LogP contribution >= 0.6 is 0 Å². The second kappa shape index (κ2) is 25.0. The maximum absolute atomic E-state index is 5.82. The van der Waals surface area contributed by atoms with E-state index in [2.05, 4.69) is 20.8 Å². The normalized spacial score (nSPS) is 11.6. The Kier molecular flexibility index (Phi) is 24.9. The molecule has 0 aliphatic heterocycles. The van der Waals surface area contributed by atoms with Crippen molar-refractivity contribution in [1.82, 2.24) is 0 Å². The van der Waals surface area contributed by atoms with Crippen LogP contribution in [0, 0.1) is 5.92 Å². The molecule has 0 aliphatic carbocycles. The second-order valence-electron chi connectivity index (χ2n) is 8.86. The minimum absolute atomic E-state index is 0.720. The molecule has 0 aromatic heterocycles. The van der Waals surface area contributed by atoms with E-state index in [4.69, 9.17) is 9.47 Å². The first-order valence-electron chi connectivity index (χ1n) is 13.0. The van der Waals surface area contributed by atoms with Crippen LogP contribution in [0.25, 0.3) is 0 Å². The Morgan fingerprint density at radius 3 is 1.11 bits per heavy atom. The predicted molar refractivity (Wildman–Crippen MR) is 125 cm³/mol. The summed E-state index contributed by atoms with van der Waals surface area (Å²) in [5.41, 5.74) is 0. The first kappa shape index (κ1) is 27.9. The summed E-state index contributed by atoms with van der Waals surface area (Å²) in [6.45, 7) is 10.7. The van der Waals surface area contributed by atoms with E-state index in [1.807, 2.05) is 0 Å². The van der Waals surface area contributed by atoms with E-state index < -0.39 is 0 Å². The SMILES string of the molecule is CCCCCCCCCCOCCC(C)CCOCCCCCCCCCC. The molecule has 0 aromatic rings. The van der Waals surface area contributed by atoms with Crippen LogP contribution in [0.4, 0.5) is 0 Å². The molecule has 0 rings (SSSR count). The standard InChI is InChI=1S/C26H54O2/c1-4-6-8-10-12-14-16-18-22-27-24-20-26(3)21-25-28-23-19-17-15-13-11-9-7-5-2/h26H,4-25H2,1-3H3. The Labute approximate surface area is 178 Å². The zero-order valence-corrected chi connectivity index (χ0v) is 20.0. The van der Waals surface area contributed by atoms with E-state index in [1.165, 1.54) is 116 Å². The van der Waals surface area contributed by atoms with Crippen molar-refractivity contribution in [3.63, 3.8) is 0 Å². The van der Waals surface area contributed by atoms with Crippen LogP contribution in [0.1, 0.15) is 136 Å². The number of hydrogen-bond acceptors (Lipinski definition) is 2. The minimum Gasteiger partial charge on any atom is -0.381 e. The number of ether oxygens (including phenoxy) is 2. The van der Waals surface area contributed by atoms with Crippen molar-refractivity contribution in [1.29, 1.82) is 0 Å². The van der Waals surface area contributed by atoms with Crippen LogP contribution in [0.3, 0.4) is 0 Å². The van der Waals surface area contributed by atoms with E-state index in [0.717, 1.165) is 32.3 Å². The van der Waals surface area contributed by atoms with E-state index in [1.54, 1.807) is 0 Å². The van der Waals surface area contributed by atoms with Crippen LogP contribution in [0.15, 0.2) is 0 Å². The zero-order valence-electron chi connectivity index (χ0n) is 20.0. The van der Waals surface area contributed by atoms with Gasteiger partial charge in [0, 0.05) is 26.4 Å². The molecular weight excluding hydrogens is 344 g/mol. The summed E-state index contributed by atoms with van der Waals surface area (Å²) >= 11 is 0. The third-order valence-electron chi connectivity index (χ3n) is 5.79. The highest BCUT2D eigenvalue weighted by Gasteiger charge is 2.02. The van der Waals surface area contributed by atoms with Crippen molar-refractivity contribution >= 4 is 0 Å². The molecule has 0 amide bonds. The van der Waals surface area contributed by atoms with Gasteiger partial charge in [-0.3, -0.25) is 0 Å². The third kappa shape index (κ3) is 24.0. The molecule has 0 spiro atoms. The summed E-state index contributed by atoms with van der Waals surface area (Å²) in [5, 5.41) is 0. The van der Waals surface area contributed by atoms with Crippen LogP contribution in [-0.2, 0) is 9.47 Å². The average molecular weight is 399 g/mol. The Hall–Kier alpha value is -0.0800. The molecule has 2 heteroatoms. The second-order valence-corrected chi connectivity index (χ2v) is 8.86. The van der Waals surface area contributed by atoms with E-state index in [0.29, 0.717) is 0 Å². The molecule has 0 N–H and O–H groups in total. The maximum Gasteiger partial charge on any atom is 0.0468 e. The fraction of sp³-hybridized carbons (Fsp3) is 1.00. The molecule has 0 aliphatic rings. The quantitative estimate of drug-likeness (QED) is 0.151. The number of unbranched alkanes of at least 4 members (excludes halogenated alkanes) is 14. The van der Waals surface area contributed by atoms with Crippen molar-refractivity contribution < 1.29 is 9.47 Å². The van der Waals surface area contributed by atoms with Gasteiger partial charge < -0.3 is 9.47 Å². The molecule has 2 nitrogen and oxygen atoms in total. The minimum atomic E-state index is 0.720. The summed E-state index contributed by atoms with van der Waals surface area (Å²) < 4.78 is 11.6. The highest BCUT2D eigenvalue weighted by atomic mass is 16.5. The molecule has 0 saturated heterocycles. The van der Waals surface area contributed by atoms with Crippen LogP contribution < -0.4 is 0 Å². The van der Waals surface area contributed by atoms with Gasteiger partial charge in [-0.05, 0) is 31.6 Å². The van der Waals surface area contributed by atoms with Gasteiger partial charge >= 0.3 is 0 Å². The van der Waals surface area contributed by atoms with Gasteiger partial charge in [-0.1, -0.05) is 111 Å². The van der Waals surface area contributed by atoms with Crippen LogP contribution in [0.2, 0.25) is 0 Å². The van der Waals surface area contributed by atoms with Gasteiger partial charge in [0.1, 0.15) is 0 Å². The average Bonchev–Trinajstić information content (AvgIpc) is 2.70. The van der Waals surface area contributed by atoms with Crippen molar-refractivity contribution in [2.24, 2.45) is 5.92 Å². The van der Waals surface area contributed by atoms with Crippen molar-refractivity contribution in [3.05, 3.63) is 0 Å². The fourth-order valence-corrected chi connectivity index (χ4v) is 3.59. The van der Waals surface area contributed by atoms with Crippen LogP contribution in [0.5, 0.6) is 0 Å². The predicted octanol–water partition coefficient (Wildman–Crippen LogP) is 8.72. The largest absolute Gasteiger partial charge is 0.381 e. The van der Waals surface area contributed by atoms with Gasteiger partial charge in [0.15, 0.2) is 0 Å². The van der Waals surface area contributed by atoms with Gasteiger partial charge in [-0.25, -0.2) is 0 Å². The Balaban J connectivity index is 3.12. The molecule has 0 aromatic carbocycles. The van der Waals surface area contributed by atoms with Gasteiger partial charge in [-0.15, -0.1) is 0 Å². The fourth-order valence-electron chi connectivity index (χ4n) is 3.59. The lowest BCUT2D eigenvalue weighted by Gasteiger charge is -2.12. The lowest BCUT2D eigenvalue weighted by atomic mass is 10.1. The van der Waals surface area contributed by atoms with Crippen molar-refractivity contribution in [2.45, 2.75) is 136 Å². The molecule has 0 bridgehead atoms. The molecule has 0 radical (unpaired) electrons. The van der Waals surface area contributed by atoms with Crippen LogP contribution in [-0.4, -0.2) is 26.4 Å². The van der Waals surface area contributed by atoms with E-state index >= 15 is 0 Å². The Bertz CT molecular complexity index is 241. The Morgan fingerprint density at radius 1 is 0.429 bits per heavy atom. The summed E-state index contributed by atoms with van der Waals surface area (Å²) in [4.78, 5) is 0. The molecule has 0 fully saturated rings. The lowest BCUT2D eigenvalue weighted by Crippen LogP contribution is -2.07. The summed E-state index contributed by atoms with van der Waals surface area (Å²) in [6, 6.07) is 0. The number of rotatable bonds is 24. The van der Waals surface area contributed by atoms with Gasteiger partial charge in [-0.2, -0.15) is 0 Å². The molecule has 28 heavy (non-hydrogen) atoms. The smallest absolute Gasteiger partial charge is 0.0468 e. The highest BCUT2D eigenvalue weighted by Crippen LogP contribution is 2.11. The molecule has 170 valence electrons. The zero-order chi connectivity index (χ0) is 20.5. The van der Waals surface area contributed by atoms with Gasteiger partial charge in [0.2, 0.25) is 0 Å². The summed E-state index contributed by atoms with van der Waals surface area (Å²) in [5.74, 6) is 0.720. The number of hydrogen-bond donors (Lipinski definition) is 0. The van der Waals surface area contributed by atoms with Gasteiger partial charge in [0.25, 0.3) is 0 Å². The molecule has 0 saturated carbocycles. The maximum atomic E-state index is 5.82. The summed E-state index contributed by atoms with van der Waals surface area (Å²) in [6.07, 6.45) is 24.3. The van der Waals surface area contributed by atoms with Crippen molar-refractivity contribution in [3.8, 4) is 0 Å². The first-order valence-corrected chi connectivity index (χ1v) is 13.0. The summed E-state index contributed by atoms with van der Waals surface area (Å²) in [7, 11) is 0. The van der Waals surface area contributed by atoms with E-state index in [9.17, 15) is 0 Å². The lowest BCUT2D eigenvalue weighted by molar-refractivity contribution is 0.0961. The van der Waals surface area contributed by atoms with E-state index in [-0.39, 0.29) is 0 Å². The third-order valence-corrected chi connectivity index (χ3v) is 5.79. The first-order chi connectivity index (χ1) is 13.8. The molecule has 0 atom stereocenters. The topological polar surface area (TPSA) is 18.5 Å². The monoisotopic (exact) mass is 398 g/mol. The molecule has 0 heterocycles. The molecular formula is C26H54O2. The highest BCUT2D eigenvalue weighted by molar-refractivity contribution is 4.53. The Morgan fingerprint density at radius 2 is 0.750 bits per heavy atom. The molecule has 0 unspecified atom stereocenters. The van der Waals surface area contributed by atoms with Crippen molar-refractivity contribution in [2.75, 3.05) is 26.4 Å².